The molecule has 0 radical (unpaired) electrons. The van der Waals surface area contributed by atoms with E-state index in [1.165, 1.54) is 27.6 Å². The molecule has 0 bridgehead atoms. The molecular weight excluding hydrogens is 208 g/mol. The summed E-state index contributed by atoms with van der Waals surface area (Å²) < 4.78 is 0. The zero-order chi connectivity index (χ0) is 11.6. The van der Waals surface area contributed by atoms with Crippen LogP contribution in [0, 0.1) is 0 Å². The number of nitrogens with one attached hydrogen (secondary N) is 1. The van der Waals surface area contributed by atoms with Gasteiger partial charge in [0.1, 0.15) is 0 Å². The van der Waals surface area contributed by atoms with Crippen LogP contribution in [0.25, 0.3) is 16.5 Å². The second-order valence-corrected chi connectivity index (χ2v) is 5.37. The molecule has 0 fully saturated rings. The second-order valence-electron chi connectivity index (χ2n) is 5.37. The van der Waals surface area contributed by atoms with E-state index in [1.807, 2.05) is 0 Å². The number of hydrogen-bond acceptors (Lipinski definition) is 1. The zero-order valence-corrected chi connectivity index (χ0v) is 10.2. The van der Waals surface area contributed by atoms with Crippen LogP contribution in [0.4, 0.5) is 0 Å². The van der Waals surface area contributed by atoms with Crippen molar-refractivity contribution >= 4 is 16.5 Å². The van der Waals surface area contributed by atoms with E-state index in [9.17, 15) is 0 Å². The summed E-state index contributed by atoms with van der Waals surface area (Å²) in [6.07, 6.45) is 3.34. The minimum atomic E-state index is 0.587. The van der Waals surface area contributed by atoms with Crippen LogP contribution in [-0.2, 0) is 6.42 Å². The lowest BCUT2D eigenvalue weighted by atomic mass is 9.84. The number of fused-ring (bicyclic) bond motifs is 2. The molecule has 1 aromatic heterocycles. The molecule has 0 saturated heterocycles. The lowest BCUT2D eigenvalue weighted by molar-refractivity contribution is 0.333. The van der Waals surface area contributed by atoms with Crippen molar-refractivity contribution in [2.24, 2.45) is 0 Å². The van der Waals surface area contributed by atoms with Crippen LogP contribution >= 0.6 is 0 Å². The van der Waals surface area contributed by atoms with Crippen molar-refractivity contribution < 1.29 is 0 Å². The average molecular weight is 224 g/mol. The summed E-state index contributed by atoms with van der Waals surface area (Å²) in [6, 6.07) is 7.21. The molecule has 0 amide bonds. The van der Waals surface area contributed by atoms with Gasteiger partial charge in [0.25, 0.3) is 0 Å². The molecule has 0 unspecified atom stereocenters. The summed E-state index contributed by atoms with van der Waals surface area (Å²) in [6.45, 7) is 3.40. The van der Waals surface area contributed by atoms with Crippen LogP contribution in [-0.4, -0.2) is 29.5 Å². The highest BCUT2D eigenvalue weighted by Crippen LogP contribution is 2.42. The zero-order valence-electron chi connectivity index (χ0n) is 10.2. The summed E-state index contributed by atoms with van der Waals surface area (Å²) >= 11 is 0. The van der Waals surface area contributed by atoms with E-state index < -0.39 is 0 Å². The van der Waals surface area contributed by atoms with Gasteiger partial charge in [0.2, 0.25) is 0 Å². The highest BCUT2D eigenvalue weighted by atomic mass is 15.1. The Morgan fingerprint density at radius 1 is 1.35 bits per heavy atom. The molecule has 0 spiro atoms. The predicted molar refractivity (Wildman–Crippen MR) is 71.0 cm³/mol. The fraction of sp³-hybridized carbons (Fsp3) is 0.333. The van der Waals surface area contributed by atoms with Crippen LogP contribution in [0.2, 0.25) is 0 Å². The number of benzene rings is 1. The predicted octanol–water partition coefficient (Wildman–Crippen LogP) is 2.81. The first-order valence-corrected chi connectivity index (χ1v) is 6.25. The van der Waals surface area contributed by atoms with Gasteiger partial charge in [-0.2, -0.15) is 0 Å². The van der Waals surface area contributed by atoms with Crippen LogP contribution in [0.15, 0.2) is 30.0 Å². The van der Waals surface area contributed by atoms with Gasteiger partial charge >= 0.3 is 0 Å². The molecule has 86 valence electrons. The first-order valence-electron chi connectivity index (χ1n) is 6.25. The topological polar surface area (TPSA) is 19.0 Å². The van der Waals surface area contributed by atoms with Crippen molar-refractivity contribution in [3.05, 3.63) is 41.1 Å². The summed E-state index contributed by atoms with van der Waals surface area (Å²) in [5, 5.41) is 1.45. The van der Waals surface area contributed by atoms with Gasteiger partial charge in [0.05, 0.1) is 0 Å². The first-order chi connectivity index (χ1) is 8.25. The third kappa shape index (κ3) is 1.09. The van der Waals surface area contributed by atoms with Crippen LogP contribution < -0.4 is 0 Å². The quantitative estimate of drug-likeness (QED) is 0.729. The molecule has 2 aromatic rings. The van der Waals surface area contributed by atoms with E-state index in [0.717, 1.165) is 13.0 Å². The SMILES string of the molecule is CC1=C2c3cccc4[nH]cc(c34)C[C@H]2N(C)C1. The number of likely N-dealkylation sites (N-methyl/N-ethyl adjacent to an activating group) is 1. The Balaban J connectivity index is 2.10. The lowest BCUT2D eigenvalue weighted by Crippen LogP contribution is -2.31. The Kier molecular flexibility index (Phi) is 1.68. The third-order valence-corrected chi connectivity index (χ3v) is 4.30. The van der Waals surface area contributed by atoms with E-state index in [1.54, 1.807) is 5.57 Å². The number of aromatic nitrogens is 1. The van der Waals surface area contributed by atoms with E-state index in [-0.39, 0.29) is 0 Å². The van der Waals surface area contributed by atoms with E-state index >= 15 is 0 Å². The van der Waals surface area contributed by atoms with Gasteiger partial charge in [-0.3, -0.25) is 4.90 Å². The fourth-order valence-electron chi connectivity index (χ4n) is 3.59. The molecular formula is C15H16N2. The molecule has 1 aromatic carbocycles. The van der Waals surface area contributed by atoms with Crippen molar-refractivity contribution in [3.8, 4) is 0 Å². The van der Waals surface area contributed by atoms with E-state index in [2.05, 4.69) is 48.3 Å². The molecule has 1 aliphatic carbocycles. The first kappa shape index (κ1) is 9.49. The Bertz CT molecular complexity index is 648. The summed E-state index contributed by atoms with van der Waals surface area (Å²) in [5.74, 6) is 0. The van der Waals surface area contributed by atoms with Gasteiger partial charge in [0.15, 0.2) is 0 Å². The normalized spacial score (nSPS) is 23.5. The van der Waals surface area contributed by atoms with Crippen molar-refractivity contribution in [1.82, 2.24) is 9.88 Å². The van der Waals surface area contributed by atoms with Crippen LogP contribution in [0.5, 0.6) is 0 Å². The van der Waals surface area contributed by atoms with Crippen molar-refractivity contribution in [1.29, 1.82) is 0 Å². The monoisotopic (exact) mass is 224 g/mol. The molecule has 2 heterocycles. The molecule has 1 N–H and O–H groups in total. The average Bonchev–Trinajstić information content (AvgIpc) is 2.85. The molecule has 1 atom stereocenters. The van der Waals surface area contributed by atoms with Crippen LogP contribution in [0.3, 0.4) is 0 Å². The van der Waals surface area contributed by atoms with E-state index in [0.29, 0.717) is 6.04 Å². The summed E-state index contributed by atoms with van der Waals surface area (Å²) in [5.41, 5.74) is 7.33. The molecule has 2 heteroatoms. The minimum Gasteiger partial charge on any atom is -0.361 e. The number of hydrogen-bond donors (Lipinski definition) is 1. The van der Waals surface area contributed by atoms with Gasteiger partial charge in [0, 0.05) is 29.7 Å². The summed E-state index contributed by atoms with van der Waals surface area (Å²) in [4.78, 5) is 5.87. The van der Waals surface area contributed by atoms with Gasteiger partial charge < -0.3 is 4.98 Å². The number of nitrogens with zero attached hydrogens (tertiary/aromatic N) is 1. The fourth-order valence-corrected chi connectivity index (χ4v) is 3.59. The third-order valence-electron chi connectivity index (χ3n) is 4.30. The smallest absolute Gasteiger partial charge is 0.0462 e. The molecule has 2 aliphatic rings. The Morgan fingerprint density at radius 3 is 3.12 bits per heavy atom. The van der Waals surface area contributed by atoms with Crippen molar-refractivity contribution in [3.63, 3.8) is 0 Å². The lowest BCUT2D eigenvalue weighted by Gasteiger charge is -2.27. The van der Waals surface area contributed by atoms with Gasteiger partial charge in [-0.25, -0.2) is 0 Å². The highest BCUT2D eigenvalue weighted by molar-refractivity contribution is 5.99. The van der Waals surface area contributed by atoms with E-state index in [4.69, 9.17) is 0 Å². The maximum absolute atomic E-state index is 3.40. The Labute approximate surface area is 101 Å². The molecule has 4 rings (SSSR count). The number of rotatable bonds is 0. The number of aromatic amines is 1. The molecule has 17 heavy (non-hydrogen) atoms. The molecule has 2 nitrogen and oxygen atoms in total. The van der Waals surface area contributed by atoms with Crippen LogP contribution in [0.1, 0.15) is 18.1 Å². The number of H-pyrrole nitrogens is 1. The standard InChI is InChI=1S/C15H16N2/c1-9-8-17(2)13-6-10-7-16-12-5-3-4-11(14(9)13)15(10)12/h3-5,7,13,16H,6,8H2,1-2H3/t13-/m1/s1. The van der Waals surface area contributed by atoms with Gasteiger partial charge in [-0.05, 0) is 43.2 Å². The Hall–Kier alpha value is -1.54. The summed E-state index contributed by atoms with van der Waals surface area (Å²) in [7, 11) is 2.24. The molecule has 0 saturated carbocycles. The highest BCUT2D eigenvalue weighted by Gasteiger charge is 2.34. The molecule has 1 aliphatic heterocycles. The van der Waals surface area contributed by atoms with Gasteiger partial charge in [-0.1, -0.05) is 17.7 Å². The van der Waals surface area contributed by atoms with Crippen molar-refractivity contribution in [2.45, 2.75) is 19.4 Å². The van der Waals surface area contributed by atoms with Gasteiger partial charge in [-0.15, -0.1) is 0 Å². The second kappa shape index (κ2) is 3.02. The Morgan fingerprint density at radius 2 is 2.24 bits per heavy atom. The maximum atomic E-state index is 3.40. The maximum Gasteiger partial charge on any atom is 0.0462 e. The largest absolute Gasteiger partial charge is 0.361 e. The van der Waals surface area contributed by atoms with Crippen molar-refractivity contribution in [2.75, 3.05) is 13.6 Å². The minimum absolute atomic E-state index is 0.587.